The van der Waals surface area contributed by atoms with E-state index in [-0.39, 0.29) is 10.9 Å². The second kappa shape index (κ2) is 11.0. The second-order valence-electron chi connectivity index (χ2n) is 8.18. The van der Waals surface area contributed by atoms with Gasteiger partial charge in [0.05, 0.1) is 5.02 Å². The zero-order chi connectivity index (χ0) is 22.4. The Morgan fingerprint density at radius 1 is 1.00 bits per heavy atom. The monoisotopic (exact) mass is 458 g/mol. The number of halogens is 7. The highest BCUT2D eigenvalue weighted by molar-refractivity contribution is 6.32. The van der Waals surface area contributed by atoms with Gasteiger partial charge in [0.2, 0.25) is 0 Å². The molecular weight excluding hydrogens is 430 g/mol. The van der Waals surface area contributed by atoms with E-state index in [1.165, 1.54) is 50.7 Å². The number of alkyl halides is 6. The van der Waals surface area contributed by atoms with Crippen molar-refractivity contribution < 1.29 is 31.1 Å². The molecule has 0 aromatic heterocycles. The molecule has 8 heteroatoms. The third kappa shape index (κ3) is 7.24. The minimum Gasteiger partial charge on any atom is -0.429 e. The first kappa shape index (κ1) is 25.2. The van der Waals surface area contributed by atoms with Gasteiger partial charge in [-0.3, -0.25) is 0 Å². The standard InChI is InChI=1S/C22H29ClF6O/c1-2-3-4-5-6-7-15-8-10-16(11-9-15)17-12-13-19(18(23)14-17)30-22(28,29)20(24)21(25,26)27/h12-16,20H,2-11H2,1H3. The fourth-order valence-electron chi connectivity index (χ4n) is 4.06. The number of unbranched alkanes of at least 4 members (excludes halogenated alkanes) is 4. The van der Waals surface area contributed by atoms with Crippen molar-refractivity contribution in [1.82, 2.24) is 0 Å². The molecule has 1 aromatic rings. The molecule has 1 aliphatic rings. The Hall–Kier alpha value is -1.11. The molecule has 1 aromatic carbocycles. The lowest BCUT2D eigenvalue weighted by Gasteiger charge is -2.29. The summed E-state index contributed by atoms with van der Waals surface area (Å²) in [4.78, 5) is 0. The van der Waals surface area contributed by atoms with Gasteiger partial charge >= 0.3 is 12.3 Å². The molecule has 0 aliphatic heterocycles. The van der Waals surface area contributed by atoms with Crippen LogP contribution in [0.5, 0.6) is 5.75 Å². The first-order valence-corrected chi connectivity index (χ1v) is 11.0. The van der Waals surface area contributed by atoms with Crippen molar-refractivity contribution in [3.63, 3.8) is 0 Å². The van der Waals surface area contributed by atoms with Crippen molar-refractivity contribution in [2.75, 3.05) is 0 Å². The van der Waals surface area contributed by atoms with Crippen LogP contribution in [0.4, 0.5) is 26.3 Å². The van der Waals surface area contributed by atoms with Crippen molar-refractivity contribution in [2.24, 2.45) is 5.92 Å². The summed E-state index contributed by atoms with van der Waals surface area (Å²) in [6.45, 7) is 2.19. The number of ether oxygens (including phenoxy) is 1. The van der Waals surface area contributed by atoms with Crippen LogP contribution in [-0.4, -0.2) is 18.5 Å². The van der Waals surface area contributed by atoms with Crippen LogP contribution < -0.4 is 4.74 Å². The third-order valence-corrected chi connectivity index (χ3v) is 6.11. The van der Waals surface area contributed by atoms with Gasteiger partial charge in [0.1, 0.15) is 5.75 Å². The Bertz CT molecular complexity index is 656. The van der Waals surface area contributed by atoms with Crippen molar-refractivity contribution in [3.8, 4) is 5.75 Å². The van der Waals surface area contributed by atoms with E-state index >= 15 is 0 Å². The first-order chi connectivity index (χ1) is 14.0. The zero-order valence-electron chi connectivity index (χ0n) is 17.1. The highest BCUT2D eigenvalue weighted by Crippen LogP contribution is 2.42. The van der Waals surface area contributed by atoms with Gasteiger partial charge in [-0.25, -0.2) is 4.39 Å². The molecule has 0 bridgehead atoms. The average molecular weight is 459 g/mol. The second-order valence-corrected chi connectivity index (χ2v) is 8.59. The number of hydrogen-bond donors (Lipinski definition) is 0. The largest absolute Gasteiger partial charge is 0.439 e. The minimum atomic E-state index is -5.73. The van der Waals surface area contributed by atoms with Crippen molar-refractivity contribution in [1.29, 1.82) is 0 Å². The number of hydrogen-bond acceptors (Lipinski definition) is 1. The fourth-order valence-corrected chi connectivity index (χ4v) is 4.29. The molecule has 2 rings (SSSR count). The highest BCUT2D eigenvalue weighted by atomic mass is 35.5. The SMILES string of the molecule is CCCCCCCC1CCC(c2ccc(OC(F)(F)C(F)C(F)(F)F)c(Cl)c2)CC1. The van der Waals surface area contributed by atoms with E-state index in [1.54, 1.807) is 0 Å². The maximum Gasteiger partial charge on any atom is 0.439 e. The van der Waals surface area contributed by atoms with Crippen LogP contribution in [0.25, 0.3) is 0 Å². The molecule has 0 spiro atoms. The molecule has 1 saturated carbocycles. The minimum absolute atomic E-state index is 0.220. The normalized spacial score (nSPS) is 21.5. The van der Waals surface area contributed by atoms with Crippen LogP contribution in [0.3, 0.4) is 0 Å². The molecule has 0 saturated heterocycles. The Balaban J connectivity index is 1.89. The highest BCUT2D eigenvalue weighted by Gasteiger charge is 2.59. The van der Waals surface area contributed by atoms with Crippen LogP contribution in [0, 0.1) is 5.92 Å². The summed E-state index contributed by atoms with van der Waals surface area (Å²) >= 11 is 5.95. The predicted molar refractivity (Wildman–Crippen MR) is 106 cm³/mol. The first-order valence-electron chi connectivity index (χ1n) is 10.6. The summed E-state index contributed by atoms with van der Waals surface area (Å²) in [5, 5.41) is -0.250. The van der Waals surface area contributed by atoms with Gasteiger partial charge in [0, 0.05) is 0 Å². The molecule has 0 amide bonds. The number of benzene rings is 1. The molecule has 1 nitrogen and oxygen atoms in total. The zero-order valence-corrected chi connectivity index (χ0v) is 17.8. The van der Waals surface area contributed by atoms with Crippen LogP contribution in [0.15, 0.2) is 18.2 Å². The van der Waals surface area contributed by atoms with Gasteiger partial charge in [0.15, 0.2) is 0 Å². The molecule has 1 unspecified atom stereocenters. The Morgan fingerprint density at radius 3 is 2.20 bits per heavy atom. The average Bonchev–Trinajstić information content (AvgIpc) is 2.68. The summed E-state index contributed by atoms with van der Waals surface area (Å²) < 4.78 is 80.7. The van der Waals surface area contributed by atoms with Crippen LogP contribution in [0.2, 0.25) is 5.02 Å². The van der Waals surface area contributed by atoms with E-state index < -0.39 is 24.2 Å². The van der Waals surface area contributed by atoms with Crippen molar-refractivity contribution in [2.45, 2.75) is 95.5 Å². The summed E-state index contributed by atoms with van der Waals surface area (Å²) in [7, 11) is 0. The molecule has 30 heavy (non-hydrogen) atoms. The van der Waals surface area contributed by atoms with Crippen molar-refractivity contribution >= 4 is 11.6 Å². The molecular formula is C22H29ClF6O. The lowest BCUT2D eigenvalue weighted by molar-refractivity contribution is -0.304. The van der Waals surface area contributed by atoms with E-state index in [0.29, 0.717) is 5.92 Å². The van der Waals surface area contributed by atoms with E-state index in [1.807, 2.05) is 0 Å². The third-order valence-electron chi connectivity index (χ3n) is 5.82. The Morgan fingerprint density at radius 2 is 1.63 bits per heavy atom. The van der Waals surface area contributed by atoms with Gasteiger partial charge in [-0.2, -0.15) is 22.0 Å². The van der Waals surface area contributed by atoms with Crippen LogP contribution in [-0.2, 0) is 0 Å². The molecule has 0 N–H and O–H groups in total. The lowest BCUT2D eigenvalue weighted by Crippen LogP contribution is -2.45. The van der Waals surface area contributed by atoms with Gasteiger partial charge in [-0.05, 0) is 55.2 Å². The summed E-state index contributed by atoms with van der Waals surface area (Å²) in [6.07, 6.45) is -3.62. The molecule has 1 fully saturated rings. The van der Waals surface area contributed by atoms with Gasteiger partial charge < -0.3 is 4.74 Å². The molecule has 0 radical (unpaired) electrons. The van der Waals surface area contributed by atoms with Gasteiger partial charge in [-0.15, -0.1) is 0 Å². The van der Waals surface area contributed by atoms with Crippen LogP contribution in [0.1, 0.15) is 82.6 Å². The van der Waals surface area contributed by atoms with E-state index in [4.69, 9.17) is 11.6 Å². The Labute approximate surface area is 179 Å². The lowest BCUT2D eigenvalue weighted by atomic mass is 9.77. The maximum atomic E-state index is 13.5. The van der Waals surface area contributed by atoms with Crippen molar-refractivity contribution in [3.05, 3.63) is 28.8 Å². The summed E-state index contributed by atoms with van der Waals surface area (Å²) in [5.41, 5.74) is 0.838. The summed E-state index contributed by atoms with van der Waals surface area (Å²) in [6, 6.07) is 4.05. The fraction of sp³-hybridized carbons (Fsp3) is 0.727. The molecule has 1 atom stereocenters. The quantitative estimate of drug-likeness (QED) is 0.251. The Kier molecular flexibility index (Phi) is 9.19. The van der Waals surface area contributed by atoms with E-state index in [9.17, 15) is 26.3 Å². The van der Waals surface area contributed by atoms with Gasteiger partial charge in [0.25, 0.3) is 6.17 Å². The smallest absolute Gasteiger partial charge is 0.429 e. The molecule has 172 valence electrons. The number of rotatable bonds is 10. The molecule has 1 aliphatic carbocycles. The topological polar surface area (TPSA) is 9.23 Å². The van der Waals surface area contributed by atoms with Gasteiger partial charge in [-0.1, -0.05) is 63.1 Å². The van der Waals surface area contributed by atoms with E-state index in [0.717, 1.165) is 37.3 Å². The summed E-state index contributed by atoms with van der Waals surface area (Å²) in [5.74, 6) is 0.249. The predicted octanol–water partition coefficient (Wildman–Crippen LogP) is 8.85. The molecule has 0 heterocycles. The maximum absolute atomic E-state index is 13.5. The van der Waals surface area contributed by atoms with Crippen LogP contribution >= 0.6 is 11.6 Å². The van der Waals surface area contributed by atoms with E-state index in [2.05, 4.69) is 11.7 Å².